The summed E-state index contributed by atoms with van der Waals surface area (Å²) in [5.41, 5.74) is 2.94. The molecule has 4 heteroatoms. The lowest BCUT2D eigenvalue weighted by molar-refractivity contribution is -0.136. The molecule has 24 heavy (non-hydrogen) atoms. The molecule has 4 rings (SSSR count). The normalized spacial score (nSPS) is 21.6. The Balaban J connectivity index is 1.72. The fourth-order valence-electron chi connectivity index (χ4n) is 3.58. The van der Waals surface area contributed by atoms with E-state index < -0.39 is 0 Å². The van der Waals surface area contributed by atoms with E-state index in [9.17, 15) is 14.7 Å². The van der Waals surface area contributed by atoms with E-state index in [1.54, 1.807) is 29.2 Å². The predicted octanol–water partition coefficient (Wildman–Crippen LogP) is 2.87. The molecule has 1 fully saturated rings. The number of aromatic hydroxyl groups is 1. The van der Waals surface area contributed by atoms with Crippen LogP contribution in [0.25, 0.3) is 6.08 Å². The molecule has 1 N–H and O–H groups in total. The van der Waals surface area contributed by atoms with E-state index in [1.165, 1.54) is 11.6 Å². The summed E-state index contributed by atoms with van der Waals surface area (Å²) in [7, 11) is 0. The standard InChI is InChI=1S/C20H17NO3/c22-18-8-4-2-6-14(18)11-16-19(23)12-17-15-7-3-1-5-13(15)9-10-21(17)20(16)24/h1-8,11,17,22H,9-10,12H2/b16-11+. The zero-order chi connectivity index (χ0) is 16.7. The number of nitrogens with zero attached hydrogens (tertiary/aromatic N) is 1. The molecule has 0 saturated carbocycles. The van der Waals surface area contributed by atoms with Gasteiger partial charge in [-0.1, -0.05) is 42.5 Å². The van der Waals surface area contributed by atoms with E-state index in [4.69, 9.17) is 0 Å². The molecule has 0 aromatic heterocycles. The third-order valence-electron chi connectivity index (χ3n) is 4.82. The summed E-state index contributed by atoms with van der Waals surface area (Å²) in [5.74, 6) is -0.341. The lowest BCUT2D eigenvalue weighted by Gasteiger charge is -2.40. The molecule has 2 aromatic carbocycles. The Morgan fingerprint density at radius 2 is 1.79 bits per heavy atom. The SMILES string of the molecule is O=C1CC2c3ccccc3CCN2C(=O)/C1=C/c1ccccc1O. The van der Waals surface area contributed by atoms with Crippen LogP contribution >= 0.6 is 0 Å². The van der Waals surface area contributed by atoms with Gasteiger partial charge in [0.1, 0.15) is 5.75 Å². The quantitative estimate of drug-likeness (QED) is 0.649. The van der Waals surface area contributed by atoms with Crippen LogP contribution in [0.2, 0.25) is 0 Å². The first-order valence-electron chi connectivity index (χ1n) is 8.07. The number of hydrogen-bond donors (Lipinski definition) is 1. The summed E-state index contributed by atoms with van der Waals surface area (Å²) >= 11 is 0. The highest BCUT2D eigenvalue weighted by molar-refractivity contribution is 6.24. The van der Waals surface area contributed by atoms with Crippen molar-refractivity contribution in [2.75, 3.05) is 6.54 Å². The van der Waals surface area contributed by atoms with Crippen LogP contribution in [0.1, 0.15) is 29.2 Å². The monoisotopic (exact) mass is 319 g/mol. The van der Waals surface area contributed by atoms with Crippen LogP contribution < -0.4 is 0 Å². The number of benzene rings is 2. The Kier molecular flexibility index (Phi) is 3.45. The van der Waals surface area contributed by atoms with Crippen LogP contribution in [0.15, 0.2) is 54.1 Å². The summed E-state index contributed by atoms with van der Waals surface area (Å²) in [6.07, 6.45) is 2.61. The molecule has 2 aromatic rings. The molecule has 2 aliphatic heterocycles. The van der Waals surface area contributed by atoms with E-state index in [1.807, 2.05) is 18.2 Å². The van der Waals surface area contributed by atoms with Crippen molar-refractivity contribution in [3.05, 3.63) is 70.8 Å². The lowest BCUT2D eigenvalue weighted by Crippen LogP contribution is -2.46. The van der Waals surface area contributed by atoms with Gasteiger partial charge in [-0.25, -0.2) is 0 Å². The van der Waals surface area contributed by atoms with E-state index in [0.29, 0.717) is 18.5 Å². The van der Waals surface area contributed by atoms with Crippen molar-refractivity contribution in [1.82, 2.24) is 4.90 Å². The number of fused-ring (bicyclic) bond motifs is 3. The van der Waals surface area contributed by atoms with Crippen LogP contribution in [0.4, 0.5) is 0 Å². The molecule has 1 saturated heterocycles. The summed E-state index contributed by atoms with van der Waals surface area (Å²) in [6.45, 7) is 0.617. The first-order chi connectivity index (χ1) is 11.6. The van der Waals surface area contributed by atoms with Crippen LogP contribution in [-0.4, -0.2) is 28.2 Å². The van der Waals surface area contributed by atoms with Gasteiger partial charge < -0.3 is 10.0 Å². The minimum Gasteiger partial charge on any atom is -0.507 e. The second-order valence-corrected chi connectivity index (χ2v) is 6.21. The summed E-state index contributed by atoms with van der Waals surface area (Å²) in [4.78, 5) is 27.2. The first-order valence-corrected chi connectivity index (χ1v) is 8.07. The Morgan fingerprint density at radius 1 is 1.04 bits per heavy atom. The molecule has 1 unspecified atom stereocenters. The van der Waals surface area contributed by atoms with E-state index in [0.717, 1.165) is 12.0 Å². The van der Waals surface area contributed by atoms with E-state index in [2.05, 4.69) is 6.07 Å². The number of Topliss-reactive ketones (excluding diaryl/α,β-unsaturated/α-hetero) is 1. The minimum absolute atomic E-state index is 0.0664. The molecule has 0 spiro atoms. The van der Waals surface area contributed by atoms with Crippen LogP contribution in [-0.2, 0) is 16.0 Å². The number of ketones is 1. The number of phenolic OH excluding ortho intramolecular Hbond substituents is 1. The molecule has 2 heterocycles. The lowest BCUT2D eigenvalue weighted by atomic mass is 9.84. The fraction of sp³-hybridized carbons (Fsp3) is 0.200. The van der Waals surface area contributed by atoms with Crippen LogP contribution in [0.5, 0.6) is 5.75 Å². The predicted molar refractivity (Wildman–Crippen MR) is 90.3 cm³/mol. The average molecular weight is 319 g/mol. The maximum atomic E-state index is 12.9. The third-order valence-corrected chi connectivity index (χ3v) is 4.82. The molecule has 0 bridgehead atoms. The van der Waals surface area contributed by atoms with Gasteiger partial charge in [-0.3, -0.25) is 9.59 Å². The zero-order valence-electron chi connectivity index (χ0n) is 13.1. The number of hydrogen-bond acceptors (Lipinski definition) is 3. The molecular formula is C20H17NO3. The second-order valence-electron chi connectivity index (χ2n) is 6.21. The number of piperidine rings is 1. The van der Waals surface area contributed by atoms with Crippen molar-refractivity contribution in [1.29, 1.82) is 0 Å². The number of para-hydroxylation sites is 1. The van der Waals surface area contributed by atoms with Crippen LogP contribution in [0.3, 0.4) is 0 Å². The highest BCUT2D eigenvalue weighted by Gasteiger charge is 2.40. The summed E-state index contributed by atoms with van der Waals surface area (Å²) in [5, 5.41) is 9.90. The minimum atomic E-state index is -0.242. The topological polar surface area (TPSA) is 57.6 Å². The third kappa shape index (κ3) is 2.31. The van der Waals surface area contributed by atoms with Gasteiger partial charge in [-0.05, 0) is 29.7 Å². The van der Waals surface area contributed by atoms with Crippen molar-refractivity contribution in [3.8, 4) is 5.75 Å². The molecule has 1 amide bonds. The van der Waals surface area contributed by atoms with Gasteiger partial charge in [-0.15, -0.1) is 0 Å². The average Bonchev–Trinajstić information content (AvgIpc) is 2.60. The first kappa shape index (κ1) is 14.7. The van der Waals surface area contributed by atoms with Gasteiger partial charge in [-0.2, -0.15) is 0 Å². The Labute approximate surface area is 140 Å². The van der Waals surface area contributed by atoms with E-state index >= 15 is 0 Å². The van der Waals surface area contributed by atoms with Crippen molar-refractivity contribution < 1.29 is 14.7 Å². The van der Waals surface area contributed by atoms with Gasteiger partial charge in [0, 0.05) is 18.5 Å². The van der Waals surface area contributed by atoms with E-state index in [-0.39, 0.29) is 29.1 Å². The molecule has 4 nitrogen and oxygen atoms in total. The maximum Gasteiger partial charge on any atom is 0.258 e. The Bertz CT molecular complexity index is 869. The summed E-state index contributed by atoms with van der Waals surface area (Å²) in [6, 6.07) is 14.6. The molecule has 1 atom stereocenters. The highest BCUT2D eigenvalue weighted by Crippen LogP contribution is 2.38. The van der Waals surface area contributed by atoms with Gasteiger partial charge >= 0.3 is 0 Å². The zero-order valence-corrected chi connectivity index (χ0v) is 13.1. The van der Waals surface area contributed by atoms with Crippen molar-refractivity contribution >= 4 is 17.8 Å². The Morgan fingerprint density at radius 3 is 2.62 bits per heavy atom. The van der Waals surface area contributed by atoms with Crippen LogP contribution in [0, 0.1) is 0 Å². The largest absolute Gasteiger partial charge is 0.507 e. The molecular weight excluding hydrogens is 302 g/mol. The molecule has 120 valence electrons. The molecule has 0 aliphatic carbocycles. The smallest absolute Gasteiger partial charge is 0.258 e. The number of rotatable bonds is 1. The number of carbonyl (C=O) groups excluding carboxylic acids is 2. The van der Waals surface area contributed by atoms with Gasteiger partial charge in [0.25, 0.3) is 5.91 Å². The Hall–Kier alpha value is -2.88. The van der Waals surface area contributed by atoms with Crippen molar-refractivity contribution in [3.63, 3.8) is 0 Å². The number of phenols is 1. The van der Waals surface area contributed by atoms with Crippen molar-refractivity contribution in [2.24, 2.45) is 0 Å². The fourth-order valence-corrected chi connectivity index (χ4v) is 3.58. The summed E-state index contributed by atoms with van der Waals surface area (Å²) < 4.78 is 0. The molecule has 0 radical (unpaired) electrons. The van der Waals surface area contributed by atoms with Gasteiger partial charge in [0.2, 0.25) is 0 Å². The van der Waals surface area contributed by atoms with Gasteiger partial charge in [0.15, 0.2) is 5.78 Å². The maximum absolute atomic E-state index is 12.9. The van der Waals surface area contributed by atoms with Gasteiger partial charge in [0.05, 0.1) is 11.6 Å². The number of carbonyl (C=O) groups is 2. The second kappa shape index (κ2) is 5.64. The number of amides is 1. The molecule has 2 aliphatic rings. The van der Waals surface area contributed by atoms with Crippen molar-refractivity contribution in [2.45, 2.75) is 18.9 Å². The highest BCUT2D eigenvalue weighted by atomic mass is 16.3.